The van der Waals surface area contributed by atoms with E-state index in [0.29, 0.717) is 27.8 Å². The number of aromatic amines is 1. The number of hydrogen-bond donors (Lipinski definition) is 2. The van der Waals surface area contributed by atoms with E-state index >= 15 is 0 Å². The van der Waals surface area contributed by atoms with Crippen molar-refractivity contribution in [2.75, 3.05) is 12.5 Å². The summed E-state index contributed by atoms with van der Waals surface area (Å²) >= 11 is 11.6. The van der Waals surface area contributed by atoms with Crippen molar-refractivity contribution in [2.24, 2.45) is 0 Å². The Kier molecular flexibility index (Phi) is 6.51. The second-order valence-corrected chi connectivity index (χ2v) is 6.42. The van der Waals surface area contributed by atoms with Crippen molar-refractivity contribution in [2.45, 2.75) is 46.3 Å². The van der Waals surface area contributed by atoms with E-state index in [2.05, 4.69) is 22.5 Å². The summed E-state index contributed by atoms with van der Waals surface area (Å²) in [6, 6.07) is 3.65. The normalized spacial score (nSPS) is 10.9. The van der Waals surface area contributed by atoms with Gasteiger partial charge in [0.2, 0.25) is 4.77 Å². The van der Waals surface area contributed by atoms with Crippen molar-refractivity contribution >= 4 is 23.8 Å². The number of aryl methyl sites for hydroxylation is 1. The van der Waals surface area contributed by atoms with Gasteiger partial charge in [-0.15, -0.1) is 0 Å². The van der Waals surface area contributed by atoms with E-state index in [1.54, 1.807) is 17.9 Å². The Labute approximate surface area is 152 Å². The lowest BCUT2D eigenvalue weighted by atomic mass is 10.2. The van der Waals surface area contributed by atoms with Gasteiger partial charge in [-0.25, -0.2) is 4.68 Å². The number of halogens is 1. The van der Waals surface area contributed by atoms with Gasteiger partial charge in [0.25, 0.3) is 0 Å². The second-order valence-electron chi connectivity index (χ2n) is 5.63. The fourth-order valence-corrected chi connectivity index (χ4v) is 2.70. The van der Waals surface area contributed by atoms with Crippen LogP contribution in [0.5, 0.6) is 11.5 Å². The van der Waals surface area contributed by atoms with Crippen LogP contribution in [0.1, 0.15) is 38.6 Å². The van der Waals surface area contributed by atoms with E-state index in [9.17, 15) is 0 Å². The molecule has 0 saturated carbocycles. The molecule has 132 valence electrons. The van der Waals surface area contributed by atoms with Gasteiger partial charge in [-0.1, -0.05) is 18.5 Å². The molecule has 24 heavy (non-hydrogen) atoms. The summed E-state index contributed by atoms with van der Waals surface area (Å²) in [7, 11) is 1.61. The quantitative estimate of drug-likeness (QED) is 0.685. The molecule has 2 rings (SSSR count). The third kappa shape index (κ3) is 4.42. The van der Waals surface area contributed by atoms with Crippen LogP contribution in [0.15, 0.2) is 12.1 Å². The minimum absolute atomic E-state index is 0.0415. The van der Waals surface area contributed by atoms with Gasteiger partial charge >= 0.3 is 0 Å². The van der Waals surface area contributed by atoms with Crippen molar-refractivity contribution in [1.29, 1.82) is 0 Å². The molecule has 0 aliphatic rings. The topological polar surface area (TPSA) is 64.1 Å². The van der Waals surface area contributed by atoms with Crippen LogP contribution in [0.25, 0.3) is 0 Å². The van der Waals surface area contributed by atoms with Gasteiger partial charge in [-0.05, 0) is 44.1 Å². The van der Waals surface area contributed by atoms with E-state index < -0.39 is 0 Å². The molecule has 0 aliphatic carbocycles. The molecule has 6 nitrogen and oxygen atoms in total. The van der Waals surface area contributed by atoms with E-state index in [-0.39, 0.29) is 6.10 Å². The molecular formula is C16H23ClN4O2S. The van der Waals surface area contributed by atoms with Crippen molar-refractivity contribution < 1.29 is 9.47 Å². The summed E-state index contributed by atoms with van der Waals surface area (Å²) in [4.78, 5) is 0. The molecule has 0 aliphatic heterocycles. The Morgan fingerprint density at radius 2 is 2.12 bits per heavy atom. The Bertz CT molecular complexity index is 742. The third-order valence-corrected chi connectivity index (χ3v) is 3.96. The highest BCUT2D eigenvalue weighted by Crippen LogP contribution is 2.34. The van der Waals surface area contributed by atoms with Gasteiger partial charge in [0.15, 0.2) is 17.3 Å². The van der Waals surface area contributed by atoms with E-state index in [1.807, 2.05) is 19.9 Å². The summed E-state index contributed by atoms with van der Waals surface area (Å²) in [6.45, 7) is 6.50. The molecule has 2 aromatic rings. The molecule has 2 N–H and O–H groups in total. The molecule has 0 spiro atoms. The number of rotatable bonds is 8. The average molecular weight is 371 g/mol. The molecule has 0 fully saturated rings. The second kappa shape index (κ2) is 8.39. The lowest BCUT2D eigenvalue weighted by Crippen LogP contribution is -2.18. The molecule has 0 atom stereocenters. The number of nitrogens with one attached hydrogen (secondary N) is 2. The average Bonchev–Trinajstić information content (AvgIpc) is 2.87. The summed E-state index contributed by atoms with van der Waals surface area (Å²) in [6.07, 6.45) is 1.86. The molecule has 0 amide bonds. The number of aromatic nitrogens is 3. The zero-order chi connectivity index (χ0) is 17.7. The fourth-order valence-electron chi connectivity index (χ4n) is 2.27. The van der Waals surface area contributed by atoms with Crippen LogP contribution in [0.4, 0.5) is 0 Å². The molecule has 0 bridgehead atoms. The van der Waals surface area contributed by atoms with Crippen molar-refractivity contribution in [3.8, 4) is 11.5 Å². The highest BCUT2D eigenvalue weighted by Gasteiger charge is 2.13. The highest BCUT2D eigenvalue weighted by molar-refractivity contribution is 7.71. The molecule has 1 aromatic heterocycles. The van der Waals surface area contributed by atoms with Crippen LogP contribution in [0.2, 0.25) is 5.02 Å². The molecule has 0 radical (unpaired) electrons. The summed E-state index contributed by atoms with van der Waals surface area (Å²) in [5.74, 6) is 2.15. The summed E-state index contributed by atoms with van der Waals surface area (Å²) in [5, 5.41) is 7.63. The molecule has 8 heteroatoms. The maximum Gasteiger partial charge on any atom is 0.214 e. The standard InChI is InChI=1S/C16H23ClN4O2S/c1-5-6-15-19-20-16(24)21(15)18-9-11-7-13(22-4)14(8-12(11)17)23-10(2)3/h7-8,10,18H,5-6,9H2,1-4H3,(H,20,24). The van der Waals surface area contributed by atoms with Crippen molar-refractivity contribution in [3.05, 3.63) is 33.3 Å². The first-order valence-corrected chi connectivity index (χ1v) is 8.68. The minimum Gasteiger partial charge on any atom is -0.493 e. The lowest BCUT2D eigenvalue weighted by molar-refractivity contribution is 0.230. The Hall–Kier alpha value is -1.73. The molecule has 0 unspecified atom stereocenters. The summed E-state index contributed by atoms with van der Waals surface area (Å²) in [5.41, 5.74) is 4.14. The Morgan fingerprint density at radius 1 is 1.38 bits per heavy atom. The van der Waals surface area contributed by atoms with Gasteiger partial charge in [0, 0.05) is 17.5 Å². The largest absolute Gasteiger partial charge is 0.493 e. The SMILES string of the molecule is CCCc1n[nH]c(=S)n1NCc1cc(OC)c(OC(C)C)cc1Cl. The smallest absolute Gasteiger partial charge is 0.214 e. The number of hydrogen-bond acceptors (Lipinski definition) is 5. The van der Waals surface area contributed by atoms with Crippen LogP contribution in [-0.4, -0.2) is 28.1 Å². The zero-order valence-corrected chi connectivity index (χ0v) is 15.9. The zero-order valence-electron chi connectivity index (χ0n) is 14.4. The predicted octanol–water partition coefficient (Wildman–Crippen LogP) is 4.09. The number of nitrogens with zero attached hydrogens (tertiary/aromatic N) is 2. The van der Waals surface area contributed by atoms with E-state index in [1.165, 1.54) is 0 Å². The van der Waals surface area contributed by atoms with Crippen molar-refractivity contribution in [1.82, 2.24) is 14.9 Å². The predicted molar refractivity (Wildman–Crippen MR) is 98.2 cm³/mol. The van der Waals surface area contributed by atoms with Crippen LogP contribution in [0, 0.1) is 4.77 Å². The number of H-pyrrole nitrogens is 1. The van der Waals surface area contributed by atoms with Gasteiger partial charge < -0.3 is 14.9 Å². The molecular weight excluding hydrogens is 348 g/mol. The van der Waals surface area contributed by atoms with Gasteiger partial charge in [-0.2, -0.15) is 5.10 Å². The first kappa shape index (κ1) is 18.6. The highest BCUT2D eigenvalue weighted by atomic mass is 35.5. The van der Waals surface area contributed by atoms with Crippen LogP contribution in [0.3, 0.4) is 0 Å². The molecule has 0 saturated heterocycles. The lowest BCUT2D eigenvalue weighted by Gasteiger charge is -2.16. The minimum atomic E-state index is 0.0415. The van der Waals surface area contributed by atoms with Crippen LogP contribution < -0.4 is 14.9 Å². The summed E-state index contributed by atoms with van der Waals surface area (Å²) < 4.78 is 13.4. The Morgan fingerprint density at radius 3 is 2.75 bits per heavy atom. The fraction of sp³-hybridized carbons (Fsp3) is 0.500. The first-order valence-electron chi connectivity index (χ1n) is 7.89. The number of ether oxygens (including phenoxy) is 2. The van der Waals surface area contributed by atoms with Crippen LogP contribution in [-0.2, 0) is 13.0 Å². The number of methoxy groups -OCH3 is 1. The first-order chi connectivity index (χ1) is 11.5. The maximum atomic E-state index is 6.39. The van der Waals surface area contributed by atoms with Crippen LogP contribution >= 0.6 is 23.8 Å². The maximum absolute atomic E-state index is 6.39. The third-order valence-electron chi connectivity index (χ3n) is 3.34. The molecule has 1 aromatic carbocycles. The van der Waals surface area contributed by atoms with E-state index in [4.69, 9.17) is 33.3 Å². The van der Waals surface area contributed by atoms with Crippen molar-refractivity contribution in [3.63, 3.8) is 0 Å². The van der Waals surface area contributed by atoms with Gasteiger partial charge in [0.05, 0.1) is 19.8 Å². The molecule has 1 heterocycles. The van der Waals surface area contributed by atoms with E-state index in [0.717, 1.165) is 24.2 Å². The number of benzene rings is 1. The van der Waals surface area contributed by atoms with Gasteiger partial charge in [-0.3, -0.25) is 5.10 Å². The Balaban J connectivity index is 2.21. The monoisotopic (exact) mass is 370 g/mol. The van der Waals surface area contributed by atoms with Gasteiger partial charge in [0.1, 0.15) is 0 Å².